The summed E-state index contributed by atoms with van der Waals surface area (Å²) in [6, 6.07) is 11.3. The molecule has 3 heterocycles. The van der Waals surface area contributed by atoms with Crippen LogP contribution in [0.5, 0.6) is 0 Å². The average molecular weight is 279 g/mol. The van der Waals surface area contributed by atoms with Crippen molar-refractivity contribution in [3.8, 4) is 11.5 Å². The Labute approximate surface area is 117 Å². The van der Waals surface area contributed by atoms with E-state index in [0.717, 1.165) is 10.1 Å². The molecule has 20 heavy (non-hydrogen) atoms. The molecule has 0 spiro atoms. The van der Waals surface area contributed by atoms with E-state index >= 15 is 0 Å². The first kappa shape index (κ1) is 11.3. The Morgan fingerprint density at radius 1 is 1.15 bits per heavy atom. The summed E-state index contributed by atoms with van der Waals surface area (Å²) in [7, 11) is 0. The number of thiophene rings is 1. The van der Waals surface area contributed by atoms with E-state index in [9.17, 15) is 4.79 Å². The molecule has 0 saturated carbocycles. The van der Waals surface area contributed by atoms with E-state index in [1.165, 1.54) is 0 Å². The lowest BCUT2D eigenvalue weighted by Gasteiger charge is -2.02. The van der Waals surface area contributed by atoms with Crippen LogP contribution in [0.15, 0.2) is 52.8 Å². The fraction of sp³-hybridized carbons (Fsp3) is 0. The molecule has 1 aromatic carbocycles. The first-order chi connectivity index (χ1) is 9.81. The third-order valence-electron chi connectivity index (χ3n) is 3.20. The molecule has 1 N–H and O–H groups in total. The van der Waals surface area contributed by atoms with Crippen LogP contribution in [0.1, 0.15) is 0 Å². The fourth-order valence-electron chi connectivity index (χ4n) is 2.20. The maximum absolute atomic E-state index is 12.1. The van der Waals surface area contributed by atoms with Crippen molar-refractivity contribution in [1.82, 2.24) is 15.0 Å². The lowest BCUT2D eigenvalue weighted by Crippen LogP contribution is -2.09. The van der Waals surface area contributed by atoms with E-state index in [1.54, 1.807) is 17.4 Å². The van der Waals surface area contributed by atoms with Crippen LogP contribution in [0.3, 0.4) is 0 Å². The number of nitrogens with one attached hydrogen (secondary N) is 1. The van der Waals surface area contributed by atoms with Gasteiger partial charge < -0.3 is 4.98 Å². The number of aromatic nitrogens is 3. The van der Waals surface area contributed by atoms with Gasteiger partial charge in [0, 0.05) is 6.20 Å². The van der Waals surface area contributed by atoms with Gasteiger partial charge in [-0.15, -0.1) is 11.3 Å². The molecule has 4 nitrogen and oxygen atoms in total. The first-order valence-corrected chi connectivity index (χ1v) is 7.02. The van der Waals surface area contributed by atoms with Crippen LogP contribution in [-0.2, 0) is 0 Å². The van der Waals surface area contributed by atoms with E-state index in [-0.39, 0.29) is 5.56 Å². The van der Waals surface area contributed by atoms with Crippen molar-refractivity contribution < 1.29 is 0 Å². The Morgan fingerprint density at radius 2 is 2.05 bits per heavy atom. The van der Waals surface area contributed by atoms with E-state index in [0.29, 0.717) is 22.4 Å². The molecule has 4 rings (SSSR count). The molecule has 4 aromatic rings. The van der Waals surface area contributed by atoms with Gasteiger partial charge in [-0.2, -0.15) is 0 Å². The number of hydrogen-bond acceptors (Lipinski definition) is 4. The molecule has 0 bridgehead atoms. The Balaban J connectivity index is 1.99. The molecule has 0 radical (unpaired) electrons. The van der Waals surface area contributed by atoms with Crippen molar-refractivity contribution in [3.05, 3.63) is 58.3 Å². The van der Waals surface area contributed by atoms with E-state index in [2.05, 4.69) is 15.0 Å². The van der Waals surface area contributed by atoms with Crippen molar-refractivity contribution in [3.63, 3.8) is 0 Å². The summed E-state index contributed by atoms with van der Waals surface area (Å²) in [4.78, 5) is 23.7. The van der Waals surface area contributed by atoms with Crippen molar-refractivity contribution in [1.29, 1.82) is 0 Å². The Bertz CT molecular complexity index is 987. The fourth-order valence-corrected chi connectivity index (χ4v) is 2.94. The van der Waals surface area contributed by atoms with Gasteiger partial charge in [0.1, 0.15) is 5.69 Å². The van der Waals surface area contributed by atoms with E-state index in [1.807, 2.05) is 41.9 Å². The quantitative estimate of drug-likeness (QED) is 0.582. The van der Waals surface area contributed by atoms with Gasteiger partial charge in [-0.3, -0.25) is 9.78 Å². The Morgan fingerprint density at radius 3 is 3.00 bits per heavy atom. The molecular formula is C15H9N3OS. The minimum Gasteiger partial charge on any atom is -0.305 e. The molecule has 0 aliphatic heterocycles. The van der Waals surface area contributed by atoms with Crippen LogP contribution in [0.4, 0.5) is 0 Å². The molecule has 0 aliphatic carbocycles. The Kier molecular flexibility index (Phi) is 2.40. The van der Waals surface area contributed by atoms with Gasteiger partial charge >= 0.3 is 0 Å². The molecule has 3 aromatic heterocycles. The van der Waals surface area contributed by atoms with Gasteiger partial charge in [-0.05, 0) is 35.0 Å². The second kappa shape index (κ2) is 4.25. The largest absolute Gasteiger partial charge is 0.305 e. The number of para-hydroxylation sites is 1. The Hall–Kier alpha value is -2.53. The van der Waals surface area contributed by atoms with Crippen LogP contribution in [0.25, 0.3) is 32.5 Å². The number of aromatic amines is 1. The zero-order valence-corrected chi connectivity index (χ0v) is 11.1. The minimum absolute atomic E-state index is 0.141. The molecule has 0 saturated heterocycles. The zero-order chi connectivity index (χ0) is 13.5. The summed E-state index contributed by atoms with van der Waals surface area (Å²) >= 11 is 1.64. The number of benzene rings is 1. The number of H-pyrrole nitrogens is 1. The summed E-state index contributed by atoms with van der Waals surface area (Å²) in [6.45, 7) is 0. The van der Waals surface area contributed by atoms with Crippen molar-refractivity contribution in [2.75, 3.05) is 0 Å². The third-order valence-corrected chi connectivity index (χ3v) is 4.06. The summed E-state index contributed by atoms with van der Waals surface area (Å²) in [6.07, 6.45) is 1.81. The van der Waals surface area contributed by atoms with Crippen molar-refractivity contribution >= 4 is 32.3 Å². The van der Waals surface area contributed by atoms with Gasteiger partial charge in [0.25, 0.3) is 5.56 Å². The van der Waals surface area contributed by atoms with Crippen LogP contribution in [0.2, 0.25) is 0 Å². The van der Waals surface area contributed by atoms with Crippen molar-refractivity contribution in [2.45, 2.75) is 0 Å². The summed E-state index contributed by atoms with van der Waals surface area (Å²) in [5.74, 6) is 0.502. The topological polar surface area (TPSA) is 58.6 Å². The predicted molar refractivity (Wildman–Crippen MR) is 81.0 cm³/mol. The lowest BCUT2D eigenvalue weighted by molar-refractivity contribution is 1.15. The maximum Gasteiger partial charge on any atom is 0.259 e. The molecular weight excluding hydrogens is 270 g/mol. The molecule has 5 heteroatoms. The average Bonchev–Trinajstić information content (AvgIpc) is 2.94. The molecule has 0 fully saturated rings. The molecule has 0 atom stereocenters. The highest BCUT2D eigenvalue weighted by molar-refractivity contribution is 7.17. The number of fused-ring (bicyclic) bond motifs is 2. The highest BCUT2D eigenvalue weighted by atomic mass is 32.1. The summed E-state index contributed by atoms with van der Waals surface area (Å²) in [5, 5.41) is 3.72. The second-order valence-electron chi connectivity index (χ2n) is 4.46. The normalized spacial score (nSPS) is 11.2. The zero-order valence-electron chi connectivity index (χ0n) is 10.3. The highest BCUT2D eigenvalue weighted by Gasteiger charge is 2.07. The molecule has 0 aliphatic rings. The predicted octanol–water partition coefficient (Wildman–Crippen LogP) is 3.20. The number of pyridine rings is 1. The SMILES string of the molecule is O=c1[nH]c(-c2cc3ccsc3cn2)nc2ccccc12. The van der Waals surface area contributed by atoms with Gasteiger partial charge in [0.15, 0.2) is 5.82 Å². The monoisotopic (exact) mass is 279 g/mol. The maximum atomic E-state index is 12.1. The summed E-state index contributed by atoms with van der Waals surface area (Å²) in [5.41, 5.74) is 1.22. The minimum atomic E-state index is -0.141. The number of nitrogens with zero attached hydrogens (tertiary/aromatic N) is 2. The van der Waals surface area contributed by atoms with Gasteiger partial charge in [-0.1, -0.05) is 12.1 Å². The highest BCUT2D eigenvalue weighted by Crippen LogP contribution is 2.23. The molecule has 0 unspecified atom stereocenters. The van der Waals surface area contributed by atoms with Crippen LogP contribution in [0, 0.1) is 0 Å². The van der Waals surface area contributed by atoms with Crippen molar-refractivity contribution in [2.24, 2.45) is 0 Å². The lowest BCUT2D eigenvalue weighted by atomic mass is 10.2. The first-order valence-electron chi connectivity index (χ1n) is 6.14. The standard InChI is InChI=1S/C15H9N3OS/c19-15-10-3-1-2-4-11(10)17-14(18-15)12-7-9-5-6-20-13(9)8-16-12/h1-8H,(H,17,18,19). The van der Waals surface area contributed by atoms with Gasteiger partial charge in [0.05, 0.1) is 15.6 Å². The van der Waals surface area contributed by atoms with E-state index in [4.69, 9.17) is 0 Å². The molecule has 96 valence electrons. The summed E-state index contributed by atoms with van der Waals surface area (Å²) < 4.78 is 1.12. The molecule has 0 amide bonds. The van der Waals surface area contributed by atoms with Gasteiger partial charge in [0.2, 0.25) is 0 Å². The third kappa shape index (κ3) is 1.71. The smallest absolute Gasteiger partial charge is 0.259 e. The van der Waals surface area contributed by atoms with E-state index < -0.39 is 0 Å². The number of hydrogen-bond donors (Lipinski definition) is 1. The second-order valence-corrected chi connectivity index (χ2v) is 5.41. The van der Waals surface area contributed by atoms with Crippen LogP contribution >= 0.6 is 11.3 Å². The van der Waals surface area contributed by atoms with Gasteiger partial charge in [-0.25, -0.2) is 4.98 Å². The van der Waals surface area contributed by atoms with Crippen LogP contribution in [-0.4, -0.2) is 15.0 Å². The number of rotatable bonds is 1. The van der Waals surface area contributed by atoms with Crippen LogP contribution < -0.4 is 5.56 Å².